The zero-order valence-corrected chi connectivity index (χ0v) is 12.4. The zero-order valence-electron chi connectivity index (χ0n) is 12.4. The molecule has 0 aliphatic heterocycles. The van der Waals surface area contributed by atoms with Crippen molar-refractivity contribution in [2.24, 2.45) is 7.05 Å². The molecule has 0 fully saturated rings. The van der Waals surface area contributed by atoms with Gasteiger partial charge < -0.3 is 9.73 Å². The van der Waals surface area contributed by atoms with E-state index in [2.05, 4.69) is 30.3 Å². The van der Waals surface area contributed by atoms with Gasteiger partial charge in [-0.05, 0) is 38.9 Å². The van der Waals surface area contributed by atoms with E-state index in [0.717, 1.165) is 30.2 Å². The lowest BCUT2D eigenvalue weighted by Gasteiger charge is -2.17. The van der Waals surface area contributed by atoms with Gasteiger partial charge in [0.05, 0.1) is 5.69 Å². The number of hydrogen-bond donors (Lipinski definition) is 1. The first-order valence-corrected chi connectivity index (χ1v) is 6.81. The third kappa shape index (κ3) is 2.89. The summed E-state index contributed by atoms with van der Waals surface area (Å²) in [6.45, 7) is 9.25. The predicted octanol–water partition coefficient (Wildman–Crippen LogP) is 2.83. The largest absolute Gasteiger partial charge is 0.466 e. The molecule has 1 N–H and O–H groups in total. The fourth-order valence-corrected chi connectivity index (χ4v) is 2.63. The van der Waals surface area contributed by atoms with Gasteiger partial charge in [0.15, 0.2) is 0 Å². The second-order valence-electron chi connectivity index (χ2n) is 5.05. The number of likely N-dealkylation sites (N-methyl/N-ethyl adjacent to an activating group) is 1. The van der Waals surface area contributed by atoms with E-state index in [1.54, 1.807) is 0 Å². The van der Waals surface area contributed by atoms with Crippen LogP contribution >= 0.6 is 0 Å². The van der Waals surface area contributed by atoms with Crippen LogP contribution in [-0.2, 0) is 13.5 Å². The maximum Gasteiger partial charge on any atom is 0.106 e. The minimum atomic E-state index is 0.261. The molecular weight excluding hydrogens is 238 g/mol. The monoisotopic (exact) mass is 261 g/mol. The van der Waals surface area contributed by atoms with Gasteiger partial charge in [-0.1, -0.05) is 6.92 Å². The Bertz CT molecular complexity index is 554. The van der Waals surface area contributed by atoms with E-state index in [1.807, 2.05) is 31.8 Å². The van der Waals surface area contributed by atoms with E-state index in [4.69, 9.17) is 4.42 Å². The molecule has 2 rings (SSSR count). The Labute approximate surface area is 114 Å². The standard InChI is InChI=1S/C15H23N3O/c1-6-16-14(9-13-7-8-18(5)17-13)15-10(2)11(3)19-12(15)4/h7-8,14,16H,6,9H2,1-5H3. The summed E-state index contributed by atoms with van der Waals surface area (Å²) < 4.78 is 7.60. The molecule has 1 atom stereocenters. The topological polar surface area (TPSA) is 43.0 Å². The minimum absolute atomic E-state index is 0.261. The third-order valence-electron chi connectivity index (χ3n) is 3.60. The molecule has 0 saturated heterocycles. The van der Waals surface area contributed by atoms with Crippen molar-refractivity contribution in [2.75, 3.05) is 6.54 Å². The van der Waals surface area contributed by atoms with Gasteiger partial charge in [-0.25, -0.2) is 0 Å². The summed E-state index contributed by atoms with van der Waals surface area (Å²) in [6, 6.07) is 2.33. The van der Waals surface area contributed by atoms with E-state index in [-0.39, 0.29) is 6.04 Å². The Morgan fingerprint density at radius 1 is 1.32 bits per heavy atom. The molecule has 0 aromatic carbocycles. The second kappa shape index (κ2) is 5.61. The first-order chi connectivity index (χ1) is 9.02. The van der Waals surface area contributed by atoms with Gasteiger partial charge >= 0.3 is 0 Å². The highest BCUT2D eigenvalue weighted by molar-refractivity contribution is 5.35. The lowest BCUT2D eigenvalue weighted by Crippen LogP contribution is -2.24. The van der Waals surface area contributed by atoms with Crippen molar-refractivity contribution >= 4 is 0 Å². The van der Waals surface area contributed by atoms with Crippen molar-refractivity contribution in [3.05, 3.63) is 40.6 Å². The van der Waals surface area contributed by atoms with Crippen LogP contribution < -0.4 is 5.32 Å². The number of furan rings is 1. The lowest BCUT2D eigenvalue weighted by molar-refractivity contribution is 0.482. The van der Waals surface area contributed by atoms with Crippen molar-refractivity contribution in [2.45, 2.75) is 40.2 Å². The number of nitrogens with one attached hydrogen (secondary N) is 1. The van der Waals surface area contributed by atoms with E-state index in [9.17, 15) is 0 Å². The molecule has 104 valence electrons. The quantitative estimate of drug-likeness (QED) is 0.900. The SMILES string of the molecule is CCNC(Cc1ccn(C)n1)c1c(C)oc(C)c1C. The number of nitrogens with zero attached hydrogens (tertiary/aromatic N) is 2. The van der Waals surface area contributed by atoms with Crippen LogP contribution in [-0.4, -0.2) is 16.3 Å². The highest BCUT2D eigenvalue weighted by atomic mass is 16.3. The highest BCUT2D eigenvalue weighted by Crippen LogP contribution is 2.29. The summed E-state index contributed by atoms with van der Waals surface area (Å²) in [4.78, 5) is 0. The maximum absolute atomic E-state index is 5.75. The molecule has 0 amide bonds. The summed E-state index contributed by atoms with van der Waals surface area (Å²) >= 11 is 0. The van der Waals surface area contributed by atoms with E-state index in [1.165, 1.54) is 11.1 Å². The number of hydrogen-bond acceptors (Lipinski definition) is 3. The molecular formula is C15H23N3O. The number of aryl methyl sites for hydroxylation is 3. The van der Waals surface area contributed by atoms with Gasteiger partial charge in [-0.2, -0.15) is 5.10 Å². The molecule has 0 radical (unpaired) electrons. The minimum Gasteiger partial charge on any atom is -0.466 e. The van der Waals surface area contributed by atoms with Crippen LogP contribution in [0, 0.1) is 20.8 Å². The molecule has 0 bridgehead atoms. The summed E-state index contributed by atoms with van der Waals surface area (Å²) in [7, 11) is 1.95. The van der Waals surface area contributed by atoms with Gasteiger partial charge in [-0.3, -0.25) is 4.68 Å². The molecule has 4 nitrogen and oxygen atoms in total. The van der Waals surface area contributed by atoms with Crippen LogP contribution in [0.2, 0.25) is 0 Å². The average Bonchev–Trinajstić information content (AvgIpc) is 2.84. The Kier molecular flexibility index (Phi) is 4.10. The van der Waals surface area contributed by atoms with Crippen LogP contribution in [0.1, 0.15) is 41.3 Å². The molecule has 19 heavy (non-hydrogen) atoms. The fourth-order valence-electron chi connectivity index (χ4n) is 2.63. The molecule has 2 aromatic rings. The average molecular weight is 261 g/mol. The molecule has 0 saturated carbocycles. The first kappa shape index (κ1) is 13.9. The zero-order chi connectivity index (χ0) is 14.0. The van der Waals surface area contributed by atoms with Gasteiger partial charge in [0.2, 0.25) is 0 Å². The van der Waals surface area contributed by atoms with Crippen molar-refractivity contribution in [3.63, 3.8) is 0 Å². The van der Waals surface area contributed by atoms with Gasteiger partial charge in [-0.15, -0.1) is 0 Å². The third-order valence-corrected chi connectivity index (χ3v) is 3.60. The molecule has 4 heteroatoms. The summed E-state index contributed by atoms with van der Waals surface area (Å²) in [5.41, 5.74) is 3.63. The van der Waals surface area contributed by atoms with Gasteiger partial charge in [0.25, 0.3) is 0 Å². The van der Waals surface area contributed by atoms with Crippen LogP contribution in [0.5, 0.6) is 0 Å². The molecule has 0 spiro atoms. The second-order valence-corrected chi connectivity index (χ2v) is 5.05. The fraction of sp³-hybridized carbons (Fsp3) is 0.533. The summed E-state index contributed by atoms with van der Waals surface area (Å²) in [5, 5.41) is 8.01. The van der Waals surface area contributed by atoms with Crippen LogP contribution in [0.3, 0.4) is 0 Å². The Balaban J connectivity index is 2.29. The molecule has 0 aliphatic rings. The number of rotatable bonds is 5. The van der Waals surface area contributed by atoms with E-state index >= 15 is 0 Å². The van der Waals surface area contributed by atoms with Crippen LogP contribution in [0.25, 0.3) is 0 Å². The number of aromatic nitrogens is 2. The molecule has 2 aromatic heterocycles. The normalized spacial score (nSPS) is 12.9. The predicted molar refractivity (Wildman–Crippen MR) is 76.2 cm³/mol. The van der Waals surface area contributed by atoms with E-state index in [0.29, 0.717) is 0 Å². The van der Waals surface area contributed by atoms with Gasteiger partial charge in [0.1, 0.15) is 11.5 Å². The van der Waals surface area contributed by atoms with Crippen molar-refractivity contribution in [1.82, 2.24) is 15.1 Å². The summed E-state index contributed by atoms with van der Waals surface area (Å²) in [5.74, 6) is 2.02. The molecule has 2 heterocycles. The van der Waals surface area contributed by atoms with Crippen molar-refractivity contribution < 1.29 is 4.42 Å². The Morgan fingerprint density at radius 3 is 2.53 bits per heavy atom. The first-order valence-electron chi connectivity index (χ1n) is 6.81. The van der Waals surface area contributed by atoms with Crippen molar-refractivity contribution in [3.8, 4) is 0 Å². The Hall–Kier alpha value is -1.55. The van der Waals surface area contributed by atoms with Crippen LogP contribution in [0.15, 0.2) is 16.7 Å². The smallest absolute Gasteiger partial charge is 0.106 e. The summed E-state index contributed by atoms with van der Waals surface area (Å²) in [6.07, 6.45) is 2.87. The van der Waals surface area contributed by atoms with E-state index < -0.39 is 0 Å². The highest BCUT2D eigenvalue weighted by Gasteiger charge is 2.21. The van der Waals surface area contributed by atoms with Crippen LogP contribution in [0.4, 0.5) is 0 Å². The maximum atomic E-state index is 5.75. The molecule has 1 unspecified atom stereocenters. The van der Waals surface area contributed by atoms with Gasteiger partial charge in [0, 0.05) is 31.3 Å². The Morgan fingerprint density at radius 2 is 2.05 bits per heavy atom. The lowest BCUT2D eigenvalue weighted by atomic mass is 9.98. The van der Waals surface area contributed by atoms with Crippen molar-refractivity contribution in [1.29, 1.82) is 0 Å². The molecule has 0 aliphatic carbocycles.